The van der Waals surface area contributed by atoms with Crippen LogP contribution in [0.25, 0.3) is 0 Å². The van der Waals surface area contributed by atoms with Gasteiger partial charge >= 0.3 is 0 Å². The van der Waals surface area contributed by atoms with Crippen LogP contribution in [0.4, 0.5) is 0 Å². The van der Waals surface area contributed by atoms with Crippen LogP contribution in [-0.2, 0) is 11.8 Å². The summed E-state index contributed by atoms with van der Waals surface area (Å²) in [5.41, 5.74) is 9.52. The van der Waals surface area contributed by atoms with Gasteiger partial charge in [-0.15, -0.1) is 11.3 Å². The van der Waals surface area contributed by atoms with E-state index < -0.39 is 0 Å². The standard InChI is InChI=1S/C11H16N2S/c1-6-5-8-10(13-7(2)14-8)11(3,4)9(6)12/h5,12H2,1-4H3. The topological polar surface area (TPSA) is 38.9 Å². The summed E-state index contributed by atoms with van der Waals surface area (Å²) in [5.74, 6) is 0. The molecule has 1 aromatic rings. The molecule has 0 unspecified atom stereocenters. The van der Waals surface area contributed by atoms with Crippen LogP contribution in [0.2, 0.25) is 0 Å². The summed E-state index contributed by atoms with van der Waals surface area (Å²) in [6, 6.07) is 0. The molecule has 1 aliphatic rings. The number of rotatable bonds is 0. The van der Waals surface area contributed by atoms with E-state index in [9.17, 15) is 0 Å². The molecule has 1 heterocycles. The van der Waals surface area contributed by atoms with Crippen LogP contribution in [-0.4, -0.2) is 4.98 Å². The molecule has 0 aliphatic heterocycles. The maximum Gasteiger partial charge on any atom is 0.0900 e. The van der Waals surface area contributed by atoms with E-state index in [1.165, 1.54) is 16.1 Å². The zero-order chi connectivity index (χ0) is 10.5. The first kappa shape index (κ1) is 9.71. The van der Waals surface area contributed by atoms with E-state index in [0.717, 1.165) is 17.1 Å². The molecule has 0 saturated carbocycles. The predicted octanol–water partition coefficient (Wildman–Crippen LogP) is 2.52. The number of fused-ring (bicyclic) bond motifs is 1. The highest BCUT2D eigenvalue weighted by Gasteiger charge is 2.34. The third-order valence-electron chi connectivity index (χ3n) is 2.96. The Morgan fingerprint density at radius 2 is 2.00 bits per heavy atom. The molecule has 2 nitrogen and oxygen atoms in total. The van der Waals surface area contributed by atoms with E-state index >= 15 is 0 Å². The molecule has 0 aromatic carbocycles. The van der Waals surface area contributed by atoms with Crippen molar-refractivity contribution in [1.29, 1.82) is 0 Å². The lowest BCUT2D eigenvalue weighted by Gasteiger charge is -2.30. The van der Waals surface area contributed by atoms with Gasteiger partial charge in [0, 0.05) is 22.4 Å². The van der Waals surface area contributed by atoms with Crippen molar-refractivity contribution in [2.24, 2.45) is 5.73 Å². The van der Waals surface area contributed by atoms with Crippen molar-refractivity contribution in [3.63, 3.8) is 0 Å². The number of nitrogens with two attached hydrogens (primary N) is 1. The van der Waals surface area contributed by atoms with Crippen LogP contribution in [0.1, 0.15) is 36.3 Å². The fourth-order valence-corrected chi connectivity index (χ4v) is 3.25. The Hall–Kier alpha value is -0.830. The maximum absolute atomic E-state index is 6.12. The fraction of sp³-hybridized carbons (Fsp3) is 0.545. The van der Waals surface area contributed by atoms with Gasteiger partial charge in [-0.2, -0.15) is 0 Å². The molecular weight excluding hydrogens is 192 g/mol. The number of hydrogen-bond acceptors (Lipinski definition) is 3. The second kappa shape index (κ2) is 2.83. The van der Waals surface area contributed by atoms with Crippen LogP contribution in [0, 0.1) is 6.92 Å². The van der Waals surface area contributed by atoms with Crippen LogP contribution in [0.5, 0.6) is 0 Å². The van der Waals surface area contributed by atoms with Crippen molar-refractivity contribution in [1.82, 2.24) is 4.98 Å². The fourth-order valence-electron chi connectivity index (χ4n) is 2.07. The normalized spacial score (nSPS) is 19.7. The van der Waals surface area contributed by atoms with Crippen molar-refractivity contribution in [3.05, 3.63) is 26.8 Å². The van der Waals surface area contributed by atoms with E-state index in [4.69, 9.17) is 5.73 Å². The van der Waals surface area contributed by atoms with Gasteiger partial charge < -0.3 is 5.73 Å². The number of nitrogens with zero attached hydrogens (tertiary/aromatic N) is 1. The summed E-state index contributed by atoms with van der Waals surface area (Å²) in [7, 11) is 0. The molecule has 0 bridgehead atoms. The molecular formula is C11H16N2S. The van der Waals surface area contributed by atoms with Crippen LogP contribution in [0.3, 0.4) is 0 Å². The van der Waals surface area contributed by atoms with Crippen molar-refractivity contribution in [2.45, 2.75) is 39.5 Å². The highest BCUT2D eigenvalue weighted by Crippen LogP contribution is 2.40. The van der Waals surface area contributed by atoms with Gasteiger partial charge in [-0.3, -0.25) is 0 Å². The molecule has 1 aliphatic carbocycles. The summed E-state index contributed by atoms with van der Waals surface area (Å²) >= 11 is 1.80. The first-order valence-electron chi connectivity index (χ1n) is 4.85. The van der Waals surface area contributed by atoms with Gasteiger partial charge in [-0.1, -0.05) is 0 Å². The Balaban J connectivity index is 2.62. The summed E-state index contributed by atoms with van der Waals surface area (Å²) in [5, 5.41) is 1.14. The van der Waals surface area contributed by atoms with Crippen molar-refractivity contribution >= 4 is 11.3 Å². The average Bonchev–Trinajstić information content (AvgIpc) is 2.44. The second-order valence-corrected chi connectivity index (χ2v) is 5.79. The van der Waals surface area contributed by atoms with E-state index in [1.54, 1.807) is 11.3 Å². The van der Waals surface area contributed by atoms with Crippen LogP contribution >= 0.6 is 11.3 Å². The minimum absolute atomic E-state index is 0.0809. The third-order valence-corrected chi connectivity index (χ3v) is 3.93. The van der Waals surface area contributed by atoms with Crippen molar-refractivity contribution in [3.8, 4) is 0 Å². The smallest absolute Gasteiger partial charge is 0.0900 e. The van der Waals surface area contributed by atoms with Gasteiger partial charge in [0.25, 0.3) is 0 Å². The first-order chi connectivity index (χ1) is 6.43. The molecule has 0 amide bonds. The monoisotopic (exact) mass is 208 g/mol. The largest absolute Gasteiger partial charge is 0.401 e. The molecule has 14 heavy (non-hydrogen) atoms. The number of thiazole rings is 1. The Bertz CT molecular complexity index is 413. The summed E-state index contributed by atoms with van der Waals surface area (Å²) in [6.07, 6.45) is 0.982. The summed E-state index contributed by atoms with van der Waals surface area (Å²) in [6.45, 7) is 8.49. The van der Waals surface area contributed by atoms with Gasteiger partial charge in [0.15, 0.2) is 0 Å². The lowest BCUT2D eigenvalue weighted by Crippen LogP contribution is -2.32. The first-order valence-corrected chi connectivity index (χ1v) is 5.67. The Morgan fingerprint density at radius 1 is 1.36 bits per heavy atom. The SMILES string of the molecule is CC1=C(N)C(C)(C)c2nc(C)sc2C1. The third kappa shape index (κ3) is 1.19. The van der Waals surface area contributed by atoms with Gasteiger partial charge in [0.1, 0.15) is 0 Å². The lowest BCUT2D eigenvalue weighted by molar-refractivity contribution is 0.567. The molecule has 0 saturated heterocycles. The van der Waals surface area contributed by atoms with Gasteiger partial charge in [-0.25, -0.2) is 4.98 Å². The van der Waals surface area contributed by atoms with E-state index in [0.29, 0.717) is 0 Å². The van der Waals surface area contributed by atoms with Crippen LogP contribution in [0.15, 0.2) is 11.3 Å². The molecule has 1 aromatic heterocycles. The summed E-state index contributed by atoms with van der Waals surface area (Å²) < 4.78 is 0. The number of allylic oxidation sites excluding steroid dienone is 2. The number of hydrogen-bond donors (Lipinski definition) is 1. The summed E-state index contributed by atoms with van der Waals surface area (Å²) in [4.78, 5) is 5.98. The highest BCUT2D eigenvalue weighted by molar-refractivity contribution is 7.11. The van der Waals surface area contributed by atoms with E-state index in [-0.39, 0.29) is 5.41 Å². The molecule has 3 heteroatoms. The van der Waals surface area contributed by atoms with Gasteiger partial charge in [0.05, 0.1) is 10.7 Å². The predicted molar refractivity (Wildman–Crippen MR) is 60.5 cm³/mol. The molecule has 2 N–H and O–H groups in total. The van der Waals surface area contributed by atoms with Crippen molar-refractivity contribution < 1.29 is 0 Å². The van der Waals surface area contributed by atoms with E-state index in [2.05, 4.69) is 32.7 Å². The number of aromatic nitrogens is 1. The Labute approximate surface area is 88.9 Å². The minimum atomic E-state index is -0.0809. The Kier molecular flexibility index (Phi) is 1.96. The van der Waals surface area contributed by atoms with Gasteiger partial charge in [-0.05, 0) is 33.3 Å². The minimum Gasteiger partial charge on any atom is -0.401 e. The van der Waals surface area contributed by atoms with E-state index in [1.807, 2.05) is 0 Å². The molecule has 0 spiro atoms. The average molecular weight is 208 g/mol. The Morgan fingerprint density at radius 3 is 2.64 bits per heavy atom. The zero-order valence-corrected chi connectivity index (χ0v) is 9.96. The van der Waals surface area contributed by atoms with Crippen LogP contribution < -0.4 is 5.73 Å². The quantitative estimate of drug-likeness (QED) is 0.711. The molecule has 2 rings (SSSR count). The zero-order valence-electron chi connectivity index (χ0n) is 9.14. The molecule has 0 fully saturated rings. The number of aryl methyl sites for hydroxylation is 1. The maximum atomic E-state index is 6.12. The van der Waals surface area contributed by atoms with Gasteiger partial charge in [0.2, 0.25) is 0 Å². The lowest BCUT2D eigenvalue weighted by atomic mass is 9.78. The molecule has 0 atom stereocenters. The second-order valence-electron chi connectivity index (χ2n) is 4.50. The molecule has 0 radical (unpaired) electrons. The molecule has 76 valence electrons. The van der Waals surface area contributed by atoms with Crippen molar-refractivity contribution in [2.75, 3.05) is 0 Å². The highest BCUT2D eigenvalue weighted by atomic mass is 32.1.